The van der Waals surface area contributed by atoms with Crippen LogP contribution >= 0.6 is 0 Å². The molecule has 16 nitrogen and oxygen atoms in total. The molecule has 0 aliphatic rings. The Bertz CT molecular complexity index is 1030. The van der Waals surface area contributed by atoms with Crippen molar-refractivity contribution in [2.45, 2.75) is 122 Å². The molecule has 0 heterocycles. The summed E-state index contributed by atoms with van der Waals surface area (Å²) >= 11 is 0. The van der Waals surface area contributed by atoms with E-state index in [9.17, 15) is 33.9 Å². The van der Waals surface area contributed by atoms with Gasteiger partial charge in [-0.05, 0) is 25.7 Å². The molecule has 4 N–H and O–H groups in total. The normalized spacial score (nSPS) is 11.7. The molecule has 2 amide bonds. The number of carbonyl (C=O) groups is 6. The molecule has 0 aromatic carbocycles. The molecule has 0 aliphatic heterocycles. The van der Waals surface area contributed by atoms with Gasteiger partial charge in [-0.1, -0.05) is 64.2 Å². The fraction of sp³-hybridized carbons (Fsp3) is 0.850. The van der Waals surface area contributed by atoms with E-state index in [1.54, 1.807) is 7.11 Å². The average molecular weight is 805 g/mol. The number of carbonyl (C=O) groups excluding carboxylic acids is 4. The van der Waals surface area contributed by atoms with E-state index in [1.165, 1.54) is 19.3 Å². The monoisotopic (exact) mass is 804 g/mol. The predicted molar refractivity (Wildman–Crippen MR) is 208 cm³/mol. The van der Waals surface area contributed by atoms with Crippen LogP contribution in [0.5, 0.6) is 0 Å². The van der Waals surface area contributed by atoms with Gasteiger partial charge in [0.05, 0.1) is 58.8 Å². The van der Waals surface area contributed by atoms with Gasteiger partial charge in [0.2, 0.25) is 11.8 Å². The van der Waals surface area contributed by atoms with Gasteiger partial charge in [0.1, 0.15) is 19.0 Å². The maximum absolute atomic E-state index is 12.4. The number of nitrogens with one attached hydrogen (secondary N) is 2. The number of ether oxygens (including phenoxy) is 6. The molecule has 0 aromatic rings. The third-order valence-electron chi connectivity index (χ3n) is 8.69. The van der Waals surface area contributed by atoms with Crippen molar-refractivity contribution < 1.29 is 67.4 Å². The quantitative estimate of drug-likeness (QED) is 0.0632. The molecule has 1 atom stereocenters. The fourth-order valence-corrected chi connectivity index (χ4v) is 5.50. The van der Waals surface area contributed by atoms with Gasteiger partial charge in [0.15, 0.2) is 5.78 Å². The van der Waals surface area contributed by atoms with Gasteiger partial charge in [-0.3, -0.25) is 28.8 Å². The second-order valence-corrected chi connectivity index (χ2v) is 13.7. The van der Waals surface area contributed by atoms with E-state index < -0.39 is 17.9 Å². The highest BCUT2D eigenvalue weighted by Crippen LogP contribution is 2.17. The Morgan fingerprint density at radius 3 is 1.48 bits per heavy atom. The molecule has 0 saturated carbocycles. The minimum absolute atomic E-state index is 0.00479. The molecule has 0 fully saturated rings. The van der Waals surface area contributed by atoms with Crippen LogP contribution in [0.3, 0.4) is 0 Å². The van der Waals surface area contributed by atoms with Crippen LogP contribution in [-0.4, -0.2) is 138 Å². The highest BCUT2D eigenvalue weighted by Gasteiger charge is 2.22. The molecule has 0 unspecified atom stereocenters. The van der Waals surface area contributed by atoms with Crippen molar-refractivity contribution in [3.05, 3.63) is 0 Å². The number of hydrogen-bond acceptors (Lipinski definition) is 12. The van der Waals surface area contributed by atoms with Gasteiger partial charge in [-0.2, -0.15) is 0 Å². The predicted octanol–water partition coefficient (Wildman–Crippen LogP) is 4.28. The van der Waals surface area contributed by atoms with Crippen molar-refractivity contribution in [1.82, 2.24) is 10.6 Å². The maximum Gasteiger partial charge on any atom is 0.306 e. The number of ketones is 2. The van der Waals surface area contributed by atoms with E-state index in [2.05, 4.69) is 10.6 Å². The van der Waals surface area contributed by atoms with Crippen LogP contribution in [0.4, 0.5) is 0 Å². The summed E-state index contributed by atoms with van der Waals surface area (Å²) in [5.41, 5.74) is 0. The number of carboxylic acid groups (broad SMARTS) is 2. The third kappa shape index (κ3) is 39.2. The Balaban J connectivity index is 3.64. The SMILES string of the molecule is COCCOCCNC(=O)COCCOCCCC(=O)COCCOCCNC(=O)CC[C@H](CC(=O)CCCCCCCCCCCCCCC(=O)O)C(=O)O. The number of carboxylic acids is 2. The van der Waals surface area contributed by atoms with Gasteiger partial charge in [0.25, 0.3) is 0 Å². The van der Waals surface area contributed by atoms with Gasteiger partial charge < -0.3 is 49.3 Å². The van der Waals surface area contributed by atoms with Crippen LogP contribution in [0.15, 0.2) is 0 Å². The zero-order chi connectivity index (χ0) is 41.3. The van der Waals surface area contributed by atoms with Crippen molar-refractivity contribution in [1.29, 1.82) is 0 Å². The second kappa shape index (κ2) is 40.2. The molecule has 0 rings (SSSR count). The lowest BCUT2D eigenvalue weighted by Gasteiger charge is -2.12. The molecular formula is C40H72N2O14. The number of amides is 2. The molecule has 0 spiro atoms. The minimum Gasteiger partial charge on any atom is -0.481 e. The van der Waals surface area contributed by atoms with Gasteiger partial charge >= 0.3 is 11.9 Å². The lowest BCUT2D eigenvalue weighted by Crippen LogP contribution is -2.31. The van der Waals surface area contributed by atoms with E-state index >= 15 is 0 Å². The fourth-order valence-electron chi connectivity index (χ4n) is 5.50. The summed E-state index contributed by atoms with van der Waals surface area (Å²) in [4.78, 5) is 70.4. The topological polar surface area (TPSA) is 222 Å². The van der Waals surface area contributed by atoms with Gasteiger partial charge in [-0.25, -0.2) is 0 Å². The van der Waals surface area contributed by atoms with Crippen LogP contribution < -0.4 is 10.6 Å². The minimum atomic E-state index is -1.07. The summed E-state index contributed by atoms with van der Waals surface area (Å²) in [5.74, 6) is -3.36. The summed E-state index contributed by atoms with van der Waals surface area (Å²) in [6, 6.07) is 0. The Kier molecular flexibility index (Phi) is 38.0. The van der Waals surface area contributed by atoms with Gasteiger partial charge in [0, 0.05) is 58.9 Å². The maximum atomic E-state index is 12.4. The van der Waals surface area contributed by atoms with Crippen LogP contribution in [0, 0.1) is 5.92 Å². The van der Waals surface area contributed by atoms with E-state index in [1.807, 2.05) is 0 Å². The van der Waals surface area contributed by atoms with Crippen molar-refractivity contribution >= 4 is 35.3 Å². The van der Waals surface area contributed by atoms with Crippen LogP contribution in [0.1, 0.15) is 122 Å². The summed E-state index contributed by atoms with van der Waals surface area (Å²) in [7, 11) is 1.59. The highest BCUT2D eigenvalue weighted by atomic mass is 16.5. The first kappa shape index (κ1) is 53.0. The van der Waals surface area contributed by atoms with Gasteiger partial charge in [-0.15, -0.1) is 0 Å². The van der Waals surface area contributed by atoms with Crippen molar-refractivity contribution in [3.8, 4) is 0 Å². The summed E-state index contributed by atoms with van der Waals surface area (Å²) in [5, 5.41) is 23.6. The zero-order valence-electron chi connectivity index (χ0n) is 34.0. The first-order valence-corrected chi connectivity index (χ1v) is 20.5. The highest BCUT2D eigenvalue weighted by molar-refractivity contribution is 5.84. The van der Waals surface area contributed by atoms with Crippen LogP contribution in [-0.2, 0) is 57.2 Å². The molecule has 0 saturated heterocycles. The molecule has 0 radical (unpaired) electrons. The van der Waals surface area contributed by atoms with Crippen molar-refractivity contribution in [2.75, 3.05) is 92.9 Å². The van der Waals surface area contributed by atoms with Crippen LogP contribution in [0.25, 0.3) is 0 Å². The number of hydrogen-bond donors (Lipinski definition) is 4. The standard InChI is InChI=1S/C40H72N2O14/c1-51-25-26-53-24-21-42-38(46)33-56-30-27-52-22-14-16-36(44)32-55-29-28-54-23-20-41-37(45)19-18-34(40(49)50)31-35(43)15-12-10-8-6-4-2-3-5-7-9-11-13-17-39(47)48/h34H,2-33H2,1H3,(H,41,45)(H,42,46)(H,47,48)(H,49,50)/t34-/m1/s1. The smallest absolute Gasteiger partial charge is 0.306 e. The van der Waals surface area contributed by atoms with Crippen molar-refractivity contribution in [3.63, 3.8) is 0 Å². The first-order chi connectivity index (χ1) is 27.1. The van der Waals surface area contributed by atoms with Crippen LogP contribution in [0.2, 0.25) is 0 Å². The lowest BCUT2D eigenvalue weighted by atomic mass is 9.94. The second-order valence-electron chi connectivity index (χ2n) is 13.7. The van der Waals surface area contributed by atoms with E-state index in [-0.39, 0.29) is 95.3 Å². The first-order valence-electron chi connectivity index (χ1n) is 20.5. The molecule has 0 aromatic heterocycles. The number of unbranched alkanes of at least 4 members (excludes halogenated alkanes) is 11. The summed E-state index contributed by atoms with van der Waals surface area (Å²) < 4.78 is 31.5. The third-order valence-corrected chi connectivity index (χ3v) is 8.69. The molecule has 56 heavy (non-hydrogen) atoms. The summed E-state index contributed by atoms with van der Waals surface area (Å²) in [6.45, 7) is 3.57. The average Bonchev–Trinajstić information content (AvgIpc) is 3.16. The molecule has 0 aliphatic carbocycles. The Morgan fingerprint density at radius 2 is 0.929 bits per heavy atom. The van der Waals surface area contributed by atoms with E-state index in [4.69, 9.17) is 33.5 Å². The molecule has 0 bridgehead atoms. The Labute approximate surface area is 333 Å². The molecule has 16 heteroatoms. The number of Topliss-reactive ketones (excluding diaryl/α,β-unsaturated/α-hetero) is 2. The zero-order valence-corrected chi connectivity index (χ0v) is 34.0. The number of rotatable bonds is 44. The molecular weight excluding hydrogens is 732 g/mol. The molecule has 326 valence electrons. The summed E-state index contributed by atoms with van der Waals surface area (Å²) in [6.07, 6.45) is 14.1. The van der Waals surface area contributed by atoms with E-state index in [0.717, 1.165) is 57.8 Å². The number of aliphatic carboxylic acids is 2. The largest absolute Gasteiger partial charge is 0.481 e. The van der Waals surface area contributed by atoms with Crippen molar-refractivity contribution in [2.24, 2.45) is 5.92 Å². The number of methoxy groups -OCH3 is 1. The Hall–Kier alpha value is -3.02. The Morgan fingerprint density at radius 1 is 0.464 bits per heavy atom. The van der Waals surface area contributed by atoms with E-state index in [0.29, 0.717) is 58.8 Å². The lowest BCUT2D eigenvalue weighted by molar-refractivity contribution is -0.144.